The molecule has 3 rings (SSSR count). The number of esters is 2. The number of benzene rings is 1. The van der Waals surface area contributed by atoms with Crippen molar-refractivity contribution in [1.29, 1.82) is 0 Å². The second-order valence-corrected chi connectivity index (χ2v) is 8.58. The number of ether oxygens (including phenoxy) is 5. The molecule has 0 saturated carbocycles. The van der Waals surface area contributed by atoms with Crippen LogP contribution < -0.4 is 0 Å². The highest BCUT2D eigenvalue weighted by atomic mass is 16.8. The average Bonchev–Trinajstić information content (AvgIpc) is 2.87. The number of aliphatic hydroxyl groups excluding tert-OH is 2. The van der Waals surface area contributed by atoms with Gasteiger partial charge in [-0.1, -0.05) is 12.1 Å². The fourth-order valence-corrected chi connectivity index (χ4v) is 4.08. The number of aromatic hydroxyl groups is 2. The van der Waals surface area contributed by atoms with E-state index in [0.29, 0.717) is 23.1 Å². The number of phenolic OH excluding ortho intramolecular Hbond substituents is 2. The van der Waals surface area contributed by atoms with Gasteiger partial charge in [-0.2, -0.15) is 0 Å². The molecule has 1 aromatic carbocycles. The van der Waals surface area contributed by atoms with Crippen LogP contribution in [0, 0.1) is 5.92 Å². The average molecular weight is 521 g/mol. The molecule has 5 atom stereocenters. The molecule has 0 spiro atoms. The third-order valence-corrected chi connectivity index (χ3v) is 6.13. The summed E-state index contributed by atoms with van der Waals surface area (Å²) in [4.78, 5) is 25.1. The predicted octanol–water partition coefficient (Wildman–Crippen LogP) is 1.59. The molecule has 4 N–H and O–H groups in total. The number of hydrogen-bond donors (Lipinski definition) is 4. The van der Waals surface area contributed by atoms with Gasteiger partial charge >= 0.3 is 11.9 Å². The van der Waals surface area contributed by atoms with Crippen LogP contribution in [0.2, 0.25) is 0 Å². The number of aliphatic hydroxyl groups is 2. The zero-order valence-electron chi connectivity index (χ0n) is 20.8. The number of carbonyl (C=O) groups is 2. The van der Waals surface area contributed by atoms with Crippen molar-refractivity contribution in [2.24, 2.45) is 5.92 Å². The monoisotopic (exact) mass is 520 g/mol. The second kappa shape index (κ2) is 12.7. The Morgan fingerprint density at radius 1 is 1.19 bits per heavy atom. The van der Waals surface area contributed by atoms with Crippen molar-refractivity contribution in [1.82, 2.24) is 0 Å². The van der Waals surface area contributed by atoms with Crippen LogP contribution in [-0.2, 0) is 39.7 Å². The minimum Gasteiger partial charge on any atom is -0.504 e. The van der Waals surface area contributed by atoms with Crippen molar-refractivity contribution in [3.05, 3.63) is 58.9 Å². The highest BCUT2D eigenvalue weighted by Gasteiger charge is 2.40. The normalized spacial score (nSPS) is 26.6. The first kappa shape index (κ1) is 28.2. The van der Waals surface area contributed by atoms with E-state index in [1.54, 1.807) is 26.0 Å². The largest absolute Gasteiger partial charge is 0.504 e. The summed E-state index contributed by atoms with van der Waals surface area (Å²) in [7, 11) is 1.21. The fourth-order valence-electron chi connectivity index (χ4n) is 4.08. The van der Waals surface area contributed by atoms with Crippen LogP contribution in [-0.4, -0.2) is 77.5 Å². The van der Waals surface area contributed by atoms with E-state index in [9.17, 15) is 30.0 Å². The van der Waals surface area contributed by atoms with E-state index in [0.717, 1.165) is 6.26 Å². The summed E-state index contributed by atoms with van der Waals surface area (Å²) < 4.78 is 27.3. The molecule has 2 aliphatic heterocycles. The van der Waals surface area contributed by atoms with Gasteiger partial charge in [0.05, 0.1) is 38.6 Å². The van der Waals surface area contributed by atoms with E-state index >= 15 is 0 Å². The number of allylic oxidation sites excluding steroid dienone is 1. The van der Waals surface area contributed by atoms with Gasteiger partial charge in [0.25, 0.3) is 0 Å². The van der Waals surface area contributed by atoms with Gasteiger partial charge in [0.15, 0.2) is 17.8 Å². The Morgan fingerprint density at radius 2 is 1.95 bits per heavy atom. The summed E-state index contributed by atoms with van der Waals surface area (Å²) in [6.07, 6.45) is 0.336. The van der Waals surface area contributed by atoms with Crippen LogP contribution in [0.5, 0.6) is 11.5 Å². The third kappa shape index (κ3) is 6.89. The molecule has 37 heavy (non-hydrogen) atoms. The molecule has 0 aromatic heterocycles. The predicted molar refractivity (Wildman–Crippen MR) is 128 cm³/mol. The Bertz CT molecular complexity index is 1070. The lowest BCUT2D eigenvalue weighted by molar-refractivity contribution is -0.264. The van der Waals surface area contributed by atoms with Crippen molar-refractivity contribution >= 4 is 11.9 Å². The molecule has 0 radical (unpaired) electrons. The number of phenols is 2. The van der Waals surface area contributed by atoms with Crippen molar-refractivity contribution < 1.29 is 53.7 Å². The molecule has 202 valence electrons. The summed E-state index contributed by atoms with van der Waals surface area (Å²) in [5, 5.41) is 38.9. The van der Waals surface area contributed by atoms with E-state index in [1.807, 2.05) is 0 Å². The molecule has 0 bridgehead atoms. The van der Waals surface area contributed by atoms with E-state index in [4.69, 9.17) is 23.7 Å². The fraction of sp³-hybridized carbons (Fsp3) is 0.462. The summed E-state index contributed by atoms with van der Waals surface area (Å²) in [5.41, 5.74) is 1.82. The Hall–Kier alpha value is -3.38. The standard InChI is InChI=1S/C26H32O11/c1-4-16-17(11-23(31)34-8-7-15-5-6-19(28)20(29)10-15)18(24(32)33-3)13-35-25(16)37-26-21(30)9-14(2)22(12-27)36-26/h4-6,9-10,13,17,21-22,25-30H,7-8,11-12H2,1-3H3/b16-4-/t17-,21-,22?,25-,26?/m0/s1. The Labute approximate surface area is 214 Å². The molecule has 11 heteroatoms. The minimum absolute atomic E-state index is 0.00494. The minimum atomic E-state index is -1.16. The number of methoxy groups -OCH3 is 1. The first-order valence-corrected chi connectivity index (χ1v) is 11.7. The first-order valence-electron chi connectivity index (χ1n) is 11.7. The van der Waals surface area contributed by atoms with Gasteiger partial charge in [-0.25, -0.2) is 4.79 Å². The SMILES string of the molecule is C/C=C1\[C@H](OC2OC(CO)C(C)=C[C@@H]2O)OC=C(C(=O)OC)[C@H]1CC(=O)OCCc1ccc(O)c(O)c1. The lowest BCUT2D eigenvalue weighted by atomic mass is 9.86. The molecule has 0 saturated heterocycles. The van der Waals surface area contributed by atoms with Crippen LogP contribution in [0.1, 0.15) is 25.8 Å². The van der Waals surface area contributed by atoms with E-state index < -0.39 is 42.6 Å². The van der Waals surface area contributed by atoms with E-state index in [1.165, 1.54) is 25.3 Å². The summed E-state index contributed by atoms with van der Waals surface area (Å²) in [6.45, 7) is 3.10. The number of rotatable bonds is 9. The van der Waals surface area contributed by atoms with Gasteiger partial charge in [-0.15, -0.1) is 0 Å². The maximum atomic E-state index is 12.7. The van der Waals surface area contributed by atoms with Gasteiger partial charge in [-0.3, -0.25) is 4.79 Å². The van der Waals surface area contributed by atoms with E-state index in [2.05, 4.69) is 0 Å². The maximum Gasteiger partial charge on any atom is 0.337 e. The molecule has 0 fully saturated rings. The lowest BCUT2D eigenvalue weighted by Gasteiger charge is -2.37. The summed E-state index contributed by atoms with van der Waals surface area (Å²) in [6, 6.07) is 4.31. The Kier molecular flexibility index (Phi) is 9.70. The molecule has 1 aromatic rings. The molecule has 0 aliphatic carbocycles. The quantitative estimate of drug-likeness (QED) is 0.213. The van der Waals surface area contributed by atoms with Crippen molar-refractivity contribution in [3.63, 3.8) is 0 Å². The molecule has 0 amide bonds. The highest BCUT2D eigenvalue weighted by Crippen LogP contribution is 2.36. The summed E-state index contributed by atoms with van der Waals surface area (Å²) in [5.74, 6) is -2.61. The molecule has 2 heterocycles. The number of carbonyl (C=O) groups excluding carboxylic acids is 2. The molecular weight excluding hydrogens is 488 g/mol. The maximum absolute atomic E-state index is 12.7. The van der Waals surface area contributed by atoms with Crippen molar-refractivity contribution in [2.45, 2.75) is 51.5 Å². The van der Waals surface area contributed by atoms with Gasteiger partial charge in [0.1, 0.15) is 12.2 Å². The highest BCUT2D eigenvalue weighted by molar-refractivity contribution is 5.90. The third-order valence-electron chi connectivity index (χ3n) is 6.13. The number of hydrogen-bond acceptors (Lipinski definition) is 11. The Morgan fingerprint density at radius 3 is 2.59 bits per heavy atom. The van der Waals surface area contributed by atoms with Crippen LogP contribution in [0.3, 0.4) is 0 Å². The van der Waals surface area contributed by atoms with Crippen molar-refractivity contribution in [2.75, 3.05) is 20.3 Å². The smallest absolute Gasteiger partial charge is 0.337 e. The second-order valence-electron chi connectivity index (χ2n) is 8.58. The van der Waals surface area contributed by atoms with Gasteiger partial charge in [0, 0.05) is 17.9 Å². The Balaban J connectivity index is 1.70. The molecular formula is C26H32O11. The van der Waals surface area contributed by atoms with Crippen LogP contribution >= 0.6 is 0 Å². The zero-order valence-corrected chi connectivity index (χ0v) is 20.8. The molecule has 11 nitrogen and oxygen atoms in total. The zero-order chi connectivity index (χ0) is 27.1. The van der Waals surface area contributed by atoms with Crippen LogP contribution in [0.25, 0.3) is 0 Å². The molecule has 2 aliphatic rings. The lowest BCUT2D eigenvalue weighted by Crippen LogP contribution is -2.44. The van der Waals surface area contributed by atoms with Crippen LogP contribution in [0.15, 0.2) is 53.3 Å². The van der Waals surface area contributed by atoms with Crippen molar-refractivity contribution in [3.8, 4) is 11.5 Å². The van der Waals surface area contributed by atoms with Gasteiger partial charge in [0.2, 0.25) is 6.29 Å². The molecule has 2 unspecified atom stereocenters. The van der Waals surface area contributed by atoms with Gasteiger partial charge < -0.3 is 44.1 Å². The van der Waals surface area contributed by atoms with Gasteiger partial charge in [-0.05, 0) is 43.2 Å². The van der Waals surface area contributed by atoms with E-state index in [-0.39, 0.29) is 36.7 Å². The topological polar surface area (TPSA) is 161 Å². The summed E-state index contributed by atoms with van der Waals surface area (Å²) >= 11 is 0. The van der Waals surface area contributed by atoms with Crippen LogP contribution in [0.4, 0.5) is 0 Å². The first-order chi connectivity index (χ1) is 17.7.